The van der Waals surface area contributed by atoms with Gasteiger partial charge < -0.3 is 14.8 Å². The highest BCUT2D eigenvalue weighted by Crippen LogP contribution is 2.30. The van der Waals surface area contributed by atoms with Gasteiger partial charge in [-0.2, -0.15) is 11.8 Å². The highest BCUT2D eigenvalue weighted by molar-refractivity contribution is 7.99. The van der Waals surface area contributed by atoms with Gasteiger partial charge in [-0.05, 0) is 55.0 Å². The van der Waals surface area contributed by atoms with Gasteiger partial charge in [-0.25, -0.2) is 0 Å². The van der Waals surface area contributed by atoms with Crippen LogP contribution in [0.1, 0.15) is 18.4 Å². The minimum Gasteiger partial charge on any atom is -0.486 e. The molecule has 0 saturated carbocycles. The summed E-state index contributed by atoms with van der Waals surface area (Å²) in [5, 5.41) is 3.66. The molecule has 4 heteroatoms. The summed E-state index contributed by atoms with van der Waals surface area (Å²) in [6, 6.07) is 7.01. The van der Waals surface area contributed by atoms with Gasteiger partial charge in [-0.3, -0.25) is 0 Å². The molecule has 0 radical (unpaired) electrons. The number of fused-ring (bicyclic) bond motifs is 1. The normalized spacial score (nSPS) is 19.4. The van der Waals surface area contributed by atoms with E-state index in [1.807, 2.05) is 6.07 Å². The number of thioether (sulfide) groups is 1. The Morgan fingerprint density at radius 2 is 1.89 bits per heavy atom. The van der Waals surface area contributed by atoms with Crippen LogP contribution in [0.5, 0.6) is 11.5 Å². The summed E-state index contributed by atoms with van der Waals surface area (Å²) in [6.07, 6.45) is 3.68. The monoisotopic (exact) mass is 279 g/mol. The fourth-order valence-electron chi connectivity index (χ4n) is 2.57. The Hall–Kier alpha value is -0.870. The van der Waals surface area contributed by atoms with Crippen LogP contribution in [0.3, 0.4) is 0 Å². The highest BCUT2D eigenvalue weighted by Gasteiger charge is 2.14. The fourth-order valence-corrected chi connectivity index (χ4v) is 3.67. The molecule has 19 heavy (non-hydrogen) atoms. The molecule has 0 amide bonds. The van der Waals surface area contributed by atoms with Gasteiger partial charge in [0.25, 0.3) is 0 Å². The lowest BCUT2D eigenvalue weighted by Crippen LogP contribution is -2.33. The fraction of sp³-hybridized carbons (Fsp3) is 0.600. The number of ether oxygens (including phenoxy) is 2. The molecule has 2 aliphatic heterocycles. The molecule has 0 bridgehead atoms. The summed E-state index contributed by atoms with van der Waals surface area (Å²) in [7, 11) is 0. The molecule has 1 N–H and O–H groups in total. The second kappa shape index (κ2) is 6.53. The molecular formula is C15H21NO2S. The summed E-state index contributed by atoms with van der Waals surface area (Å²) in [4.78, 5) is 0. The van der Waals surface area contributed by atoms with Crippen LogP contribution in [-0.2, 0) is 6.42 Å². The first-order chi connectivity index (χ1) is 9.42. The van der Waals surface area contributed by atoms with E-state index in [-0.39, 0.29) is 0 Å². The summed E-state index contributed by atoms with van der Waals surface area (Å²) in [5.74, 6) is 4.40. The molecule has 1 aromatic rings. The maximum absolute atomic E-state index is 5.61. The smallest absolute Gasteiger partial charge is 0.161 e. The van der Waals surface area contributed by atoms with E-state index in [9.17, 15) is 0 Å². The molecule has 1 fully saturated rings. The SMILES string of the molecule is c1cc2c(cc1CCNC1CCSCC1)OCCO2. The zero-order valence-electron chi connectivity index (χ0n) is 11.2. The van der Waals surface area contributed by atoms with Gasteiger partial charge >= 0.3 is 0 Å². The van der Waals surface area contributed by atoms with Crippen molar-refractivity contribution in [1.82, 2.24) is 5.32 Å². The lowest BCUT2D eigenvalue weighted by atomic mass is 10.1. The molecule has 1 saturated heterocycles. The van der Waals surface area contributed by atoms with Crippen LogP contribution in [0.15, 0.2) is 18.2 Å². The van der Waals surface area contributed by atoms with E-state index < -0.39 is 0 Å². The second-order valence-corrected chi connectivity index (χ2v) is 6.29. The van der Waals surface area contributed by atoms with Crippen LogP contribution in [0.25, 0.3) is 0 Å². The first-order valence-electron chi connectivity index (χ1n) is 7.11. The third-order valence-electron chi connectivity index (χ3n) is 3.67. The number of benzene rings is 1. The Morgan fingerprint density at radius 3 is 2.74 bits per heavy atom. The first kappa shape index (κ1) is 13.1. The lowest BCUT2D eigenvalue weighted by Gasteiger charge is -2.23. The van der Waals surface area contributed by atoms with E-state index in [1.165, 1.54) is 29.9 Å². The zero-order chi connectivity index (χ0) is 12.9. The first-order valence-corrected chi connectivity index (χ1v) is 8.27. The molecule has 0 spiro atoms. The van der Waals surface area contributed by atoms with Crippen LogP contribution in [0, 0.1) is 0 Å². The van der Waals surface area contributed by atoms with Crippen molar-refractivity contribution in [3.05, 3.63) is 23.8 Å². The minimum absolute atomic E-state index is 0.660. The van der Waals surface area contributed by atoms with E-state index in [2.05, 4.69) is 29.2 Å². The molecule has 0 aromatic heterocycles. The molecule has 3 nitrogen and oxygen atoms in total. The Balaban J connectivity index is 1.49. The van der Waals surface area contributed by atoms with Crippen molar-refractivity contribution in [2.24, 2.45) is 0 Å². The third kappa shape index (κ3) is 3.57. The van der Waals surface area contributed by atoms with Crippen LogP contribution < -0.4 is 14.8 Å². The average molecular weight is 279 g/mol. The van der Waals surface area contributed by atoms with Gasteiger partial charge in [0.1, 0.15) is 13.2 Å². The predicted octanol–water partition coefficient (Wildman–Crippen LogP) is 2.49. The quantitative estimate of drug-likeness (QED) is 0.917. The standard InChI is InChI=1S/C15H21NO2S/c1-2-14-15(18-8-7-17-14)11-12(1)3-6-16-13-4-9-19-10-5-13/h1-2,11,13,16H,3-10H2. The van der Waals surface area contributed by atoms with E-state index in [4.69, 9.17) is 9.47 Å². The molecule has 0 unspecified atom stereocenters. The summed E-state index contributed by atoms with van der Waals surface area (Å²) in [5.41, 5.74) is 1.32. The number of hydrogen-bond acceptors (Lipinski definition) is 4. The molecule has 3 rings (SSSR count). The minimum atomic E-state index is 0.660. The predicted molar refractivity (Wildman–Crippen MR) is 79.5 cm³/mol. The van der Waals surface area contributed by atoms with Crippen molar-refractivity contribution in [3.63, 3.8) is 0 Å². The van der Waals surface area contributed by atoms with Gasteiger partial charge in [-0.15, -0.1) is 0 Å². The third-order valence-corrected chi connectivity index (χ3v) is 4.72. The molecule has 104 valence electrons. The van der Waals surface area contributed by atoms with Gasteiger partial charge in [-0.1, -0.05) is 6.07 Å². The summed E-state index contributed by atoms with van der Waals surface area (Å²) >= 11 is 2.07. The molecule has 0 aliphatic carbocycles. The molecule has 2 aliphatic rings. The Labute approximate surface area is 119 Å². The number of hydrogen-bond donors (Lipinski definition) is 1. The second-order valence-electron chi connectivity index (χ2n) is 5.07. The van der Waals surface area contributed by atoms with Gasteiger partial charge in [0.2, 0.25) is 0 Å². The molecule has 1 aromatic carbocycles. The van der Waals surface area contributed by atoms with Crippen molar-refractivity contribution < 1.29 is 9.47 Å². The Kier molecular flexibility index (Phi) is 4.51. The van der Waals surface area contributed by atoms with Crippen molar-refractivity contribution in [3.8, 4) is 11.5 Å². The topological polar surface area (TPSA) is 30.5 Å². The van der Waals surface area contributed by atoms with Crippen LogP contribution in [0.2, 0.25) is 0 Å². The van der Waals surface area contributed by atoms with Crippen LogP contribution in [-0.4, -0.2) is 37.3 Å². The van der Waals surface area contributed by atoms with Crippen molar-refractivity contribution in [2.45, 2.75) is 25.3 Å². The van der Waals surface area contributed by atoms with Crippen molar-refractivity contribution in [2.75, 3.05) is 31.3 Å². The number of nitrogens with one attached hydrogen (secondary N) is 1. The van der Waals surface area contributed by atoms with Crippen molar-refractivity contribution in [1.29, 1.82) is 0 Å². The van der Waals surface area contributed by atoms with Gasteiger partial charge in [0.05, 0.1) is 0 Å². The Morgan fingerprint density at radius 1 is 1.11 bits per heavy atom. The molecular weight excluding hydrogens is 258 g/mol. The van der Waals surface area contributed by atoms with E-state index in [0.717, 1.165) is 30.5 Å². The number of rotatable bonds is 4. The van der Waals surface area contributed by atoms with Crippen molar-refractivity contribution >= 4 is 11.8 Å². The highest BCUT2D eigenvalue weighted by atomic mass is 32.2. The van der Waals surface area contributed by atoms with Gasteiger partial charge in [0.15, 0.2) is 11.5 Å². The van der Waals surface area contributed by atoms with E-state index in [1.54, 1.807) is 0 Å². The summed E-state index contributed by atoms with van der Waals surface area (Å²) in [6.45, 7) is 2.37. The zero-order valence-corrected chi connectivity index (χ0v) is 12.0. The van der Waals surface area contributed by atoms with E-state index >= 15 is 0 Å². The maximum atomic E-state index is 5.61. The van der Waals surface area contributed by atoms with Gasteiger partial charge in [0, 0.05) is 6.04 Å². The average Bonchev–Trinajstić information content (AvgIpc) is 2.48. The Bertz CT molecular complexity index is 419. The van der Waals surface area contributed by atoms with Crippen LogP contribution >= 0.6 is 11.8 Å². The summed E-state index contributed by atoms with van der Waals surface area (Å²) < 4.78 is 11.1. The largest absolute Gasteiger partial charge is 0.486 e. The van der Waals surface area contributed by atoms with Crippen LogP contribution in [0.4, 0.5) is 0 Å². The molecule has 0 atom stereocenters. The maximum Gasteiger partial charge on any atom is 0.161 e. The van der Waals surface area contributed by atoms with E-state index in [0.29, 0.717) is 13.2 Å². The molecule has 2 heterocycles. The lowest BCUT2D eigenvalue weighted by molar-refractivity contribution is 0.171.